The maximum absolute atomic E-state index is 12.8. The SMILES string of the molecule is O=C(NCc1ccnc(-n2cccn2)c1)N1CCCn2c(cc3ccccc32)C1. The molecule has 1 N–H and O–H groups in total. The summed E-state index contributed by atoms with van der Waals surface area (Å²) in [5, 5.41) is 8.49. The molecule has 3 aromatic heterocycles. The van der Waals surface area contributed by atoms with E-state index in [-0.39, 0.29) is 6.03 Å². The van der Waals surface area contributed by atoms with Crippen molar-refractivity contribution in [3.8, 4) is 5.82 Å². The molecule has 29 heavy (non-hydrogen) atoms. The normalized spacial score (nSPS) is 13.9. The average molecular weight is 386 g/mol. The van der Waals surface area contributed by atoms with Gasteiger partial charge in [-0.2, -0.15) is 5.10 Å². The molecule has 0 saturated heterocycles. The number of hydrogen-bond donors (Lipinski definition) is 1. The smallest absolute Gasteiger partial charge is 0.318 e. The summed E-state index contributed by atoms with van der Waals surface area (Å²) in [6, 6.07) is 16.3. The highest BCUT2D eigenvalue weighted by Crippen LogP contribution is 2.23. The Kier molecular flexibility index (Phi) is 4.48. The van der Waals surface area contributed by atoms with Crippen molar-refractivity contribution in [2.45, 2.75) is 26.1 Å². The maximum atomic E-state index is 12.8. The number of nitrogens with one attached hydrogen (secondary N) is 1. The van der Waals surface area contributed by atoms with Crippen LogP contribution in [0.1, 0.15) is 17.7 Å². The van der Waals surface area contributed by atoms with Crippen LogP contribution in [0.4, 0.5) is 4.79 Å². The number of benzene rings is 1. The highest BCUT2D eigenvalue weighted by Gasteiger charge is 2.20. The lowest BCUT2D eigenvalue weighted by atomic mass is 10.2. The summed E-state index contributed by atoms with van der Waals surface area (Å²) in [5.74, 6) is 0.737. The van der Waals surface area contributed by atoms with E-state index in [2.05, 4.69) is 50.3 Å². The number of aryl methyl sites for hydroxylation is 1. The van der Waals surface area contributed by atoms with Gasteiger partial charge in [0.15, 0.2) is 5.82 Å². The molecular formula is C22H22N6O. The summed E-state index contributed by atoms with van der Waals surface area (Å²) in [6.07, 6.45) is 6.25. The number of aromatic nitrogens is 4. The zero-order chi connectivity index (χ0) is 19.6. The molecule has 146 valence electrons. The second-order valence-electron chi connectivity index (χ2n) is 7.25. The van der Waals surface area contributed by atoms with Crippen molar-refractivity contribution >= 4 is 16.9 Å². The third-order valence-corrected chi connectivity index (χ3v) is 5.34. The second kappa shape index (κ2) is 7.43. The Morgan fingerprint density at radius 3 is 2.90 bits per heavy atom. The van der Waals surface area contributed by atoms with Crippen LogP contribution in [-0.2, 0) is 19.6 Å². The zero-order valence-electron chi connectivity index (χ0n) is 16.0. The molecule has 4 aromatic rings. The number of fused-ring (bicyclic) bond motifs is 3. The number of nitrogens with zero attached hydrogens (tertiary/aromatic N) is 5. The summed E-state index contributed by atoms with van der Waals surface area (Å²) < 4.78 is 4.04. The minimum atomic E-state index is -0.0406. The number of pyridine rings is 1. The highest BCUT2D eigenvalue weighted by molar-refractivity contribution is 5.81. The van der Waals surface area contributed by atoms with Gasteiger partial charge in [0.25, 0.3) is 0 Å². The standard InChI is InChI=1S/C22H22N6O/c29-22(24-15-17-7-9-23-21(13-17)28-12-3-8-25-28)26-10-4-11-27-19(16-26)14-18-5-1-2-6-20(18)27/h1-3,5-9,12-14H,4,10-11,15-16H2,(H,24,29). The first-order valence-corrected chi connectivity index (χ1v) is 9.83. The van der Waals surface area contributed by atoms with Crippen LogP contribution < -0.4 is 5.32 Å². The summed E-state index contributed by atoms with van der Waals surface area (Å²) in [5.41, 5.74) is 3.42. The summed E-state index contributed by atoms with van der Waals surface area (Å²) in [6.45, 7) is 2.76. The predicted molar refractivity (Wildman–Crippen MR) is 111 cm³/mol. The first-order valence-electron chi connectivity index (χ1n) is 9.83. The molecule has 0 spiro atoms. The molecule has 2 amide bonds. The summed E-state index contributed by atoms with van der Waals surface area (Å²) in [7, 11) is 0. The Hall–Kier alpha value is -3.61. The van der Waals surface area contributed by atoms with Crippen molar-refractivity contribution in [2.75, 3.05) is 6.54 Å². The lowest BCUT2D eigenvalue weighted by molar-refractivity contribution is 0.195. The van der Waals surface area contributed by atoms with Gasteiger partial charge in [0.2, 0.25) is 0 Å². The molecule has 1 aliphatic rings. The van der Waals surface area contributed by atoms with E-state index in [0.29, 0.717) is 13.1 Å². The average Bonchev–Trinajstić information content (AvgIpc) is 3.35. The number of para-hydroxylation sites is 1. The fourth-order valence-corrected chi connectivity index (χ4v) is 3.92. The molecule has 7 nitrogen and oxygen atoms in total. The van der Waals surface area contributed by atoms with Gasteiger partial charge in [-0.25, -0.2) is 14.5 Å². The minimum Gasteiger partial charge on any atom is -0.343 e. The molecule has 7 heteroatoms. The predicted octanol–water partition coefficient (Wildman–Crippen LogP) is 3.34. The van der Waals surface area contributed by atoms with Crippen molar-refractivity contribution in [3.05, 3.63) is 78.4 Å². The van der Waals surface area contributed by atoms with Crippen LogP contribution >= 0.6 is 0 Å². The first-order chi connectivity index (χ1) is 14.3. The summed E-state index contributed by atoms with van der Waals surface area (Å²) in [4.78, 5) is 19.1. The molecule has 4 heterocycles. The molecule has 0 atom stereocenters. The lowest BCUT2D eigenvalue weighted by Crippen LogP contribution is -2.39. The number of amides is 2. The van der Waals surface area contributed by atoms with Gasteiger partial charge in [-0.15, -0.1) is 0 Å². The van der Waals surface area contributed by atoms with Gasteiger partial charge in [-0.1, -0.05) is 18.2 Å². The molecule has 1 aliphatic heterocycles. The van der Waals surface area contributed by atoms with Gasteiger partial charge >= 0.3 is 6.03 Å². The van der Waals surface area contributed by atoms with Gasteiger partial charge in [-0.05, 0) is 47.7 Å². The number of rotatable bonds is 3. The molecule has 0 saturated carbocycles. The van der Waals surface area contributed by atoms with Crippen LogP contribution in [0, 0.1) is 0 Å². The number of hydrogen-bond acceptors (Lipinski definition) is 3. The lowest BCUT2D eigenvalue weighted by Gasteiger charge is -2.20. The number of carbonyl (C=O) groups excluding carboxylic acids is 1. The van der Waals surface area contributed by atoms with Crippen LogP contribution in [0.3, 0.4) is 0 Å². The van der Waals surface area contributed by atoms with E-state index in [1.54, 1.807) is 17.1 Å². The number of urea groups is 1. The van der Waals surface area contributed by atoms with E-state index in [9.17, 15) is 4.79 Å². The van der Waals surface area contributed by atoms with Crippen molar-refractivity contribution in [2.24, 2.45) is 0 Å². The number of carbonyl (C=O) groups is 1. The summed E-state index contributed by atoms with van der Waals surface area (Å²) >= 11 is 0. The fraction of sp³-hybridized carbons (Fsp3) is 0.227. The molecule has 0 fully saturated rings. The quantitative estimate of drug-likeness (QED) is 0.587. The molecule has 0 radical (unpaired) electrons. The molecule has 0 bridgehead atoms. The topological polar surface area (TPSA) is 68.0 Å². The van der Waals surface area contributed by atoms with Gasteiger partial charge < -0.3 is 14.8 Å². The van der Waals surface area contributed by atoms with Crippen LogP contribution in [-0.4, -0.2) is 36.8 Å². The van der Waals surface area contributed by atoms with Crippen molar-refractivity contribution in [1.82, 2.24) is 29.5 Å². The van der Waals surface area contributed by atoms with Gasteiger partial charge in [0.05, 0.1) is 6.54 Å². The van der Waals surface area contributed by atoms with Crippen molar-refractivity contribution in [1.29, 1.82) is 0 Å². The van der Waals surface area contributed by atoms with E-state index in [1.165, 1.54) is 16.6 Å². The van der Waals surface area contributed by atoms with E-state index >= 15 is 0 Å². The maximum Gasteiger partial charge on any atom is 0.318 e. The van der Waals surface area contributed by atoms with E-state index in [1.807, 2.05) is 29.3 Å². The van der Waals surface area contributed by atoms with Crippen molar-refractivity contribution in [3.63, 3.8) is 0 Å². The Morgan fingerprint density at radius 1 is 1.07 bits per heavy atom. The van der Waals surface area contributed by atoms with Gasteiger partial charge in [0.1, 0.15) is 0 Å². The zero-order valence-corrected chi connectivity index (χ0v) is 16.0. The fourth-order valence-electron chi connectivity index (χ4n) is 3.92. The van der Waals surface area contributed by atoms with Gasteiger partial charge in [-0.3, -0.25) is 0 Å². The minimum absolute atomic E-state index is 0.0406. The Bertz CT molecular complexity index is 1150. The third kappa shape index (κ3) is 3.47. The first kappa shape index (κ1) is 17.5. The molecule has 1 aromatic carbocycles. The van der Waals surface area contributed by atoms with Crippen LogP contribution in [0.15, 0.2) is 67.1 Å². The Morgan fingerprint density at radius 2 is 2.00 bits per heavy atom. The van der Waals surface area contributed by atoms with Crippen LogP contribution in [0.25, 0.3) is 16.7 Å². The largest absolute Gasteiger partial charge is 0.343 e. The Labute approximate surface area is 168 Å². The van der Waals surface area contributed by atoms with Gasteiger partial charge in [0, 0.05) is 49.4 Å². The monoisotopic (exact) mass is 386 g/mol. The molecule has 0 unspecified atom stereocenters. The molecule has 0 aliphatic carbocycles. The van der Waals surface area contributed by atoms with Crippen LogP contribution in [0.2, 0.25) is 0 Å². The Balaban J connectivity index is 1.28. The second-order valence-corrected chi connectivity index (χ2v) is 7.25. The molecular weight excluding hydrogens is 364 g/mol. The van der Waals surface area contributed by atoms with Crippen molar-refractivity contribution < 1.29 is 4.79 Å². The highest BCUT2D eigenvalue weighted by atomic mass is 16.2. The van der Waals surface area contributed by atoms with E-state index in [4.69, 9.17) is 0 Å². The third-order valence-electron chi connectivity index (χ3n) is 5.34. The van der Waals surface area contributed by atoms with Crippen LogP contribution in [0.5, 0.6) is 0 Å². The molecule has 5 rings (SSSR count). The van der Waals surface area contributed by atoms with E-state index in [0.717, 1.165) is 30.9 Å². The van der Waals surface area contributed by atoms with E-state index < -0.39 is 0 Å².